The van der Waals surface area contributed by atoms with E-state index in [0.29, 0.717) is 29.1 Å². The van der Waals surface area contributed by atoms with Crippen LogP contribution < -0.4 is 0 Å². The SMILES string of the molecule is CCCC[C@@]12[C@@H]3C[C@H]4[C@@H]5[C@H](C)/C(=C6/OC(=O)C(C)=C6OC)O[C@]5(O3)[C@@H]1CCN42. The molecule has 28 heavy (non-hydrogen) atoms. The fourth-order valence-corrected chi connectivity index (χ4v) is 7.64. The predicted molar refractivity (Wildman–Crippen MR) is 99.6 cm³/mol. The summed E-state index contributed by atoms with van der Waals surface area (Å²) in [6.45, 7) is 7.37. The van der Waals surface area contributed by atoms with E-state index in [4.69, 9.17) is 18.9 Å². The maximum absolute atomic E-state index is 12.2. The Hall–Kier alpha value is -1.53. The van der Waals surface area contributed by atoms with E-state index in [9.17, 15) is 4.79 Å². The van der Waals surface area contributed by atoms with E-state index >= 15 is 0 Å². The van der Waals surface area contributed by atoms with E-state index in [2.05, 4.69) is 18.7 Å². The number of fused-ring (bicyclic) bond motifs is 1. The largest absolute Gasteiger partial charge is 0.492 e. The number of allylic oxidation sites excluding steroid dienone is 1. The number of carbonyl (C=O) groups excluding carboxylic acids is 1. The van der Waals surface area contributed by atoms with Crippen LogP contribution in [0.15, 0.2) is 22.9 Å². The van der Waals surface area contributed by atoms with Crippen molar-refractivity contribution in [2.75, 3.05) is 13.7 Å². The summed E-state index contributed by atoms with van der Waals surface area (Å²) in [6, 6.07) is 0.496. The predicted octanol–water partition coefficient (Wildman–Crippen LogP) is 3.09. The summed E-state index contributed by atoms with van der Waals surface area (Å²) in [6.07, 6.45) is 6.15. The lowest BCUT2D eigenvalue weighted by Crippen LogP contribution is -2.61. The molecule has 0 amide bonds. The smallest absolute Gasteiger partial charge is 0.343 e. The number of ether oxygens (including phenoxy) is 4. The van der Waals surface area contributed by atoms with Crippen molar-refractivity contribution in [3.63, 3.8) is 0 Å². The van der Waals surface area contributed by atoms with E-state index < -0.39 is 5.79 Å². The van der Waals surface area contributed by atoms with Crippen LogP contribution in [0.1, 0.15) is 52.9 Å². The van der Waals surface area contributed by atoms with Gasteiger partial charge < -0.3 is 18.9 Å². The van der Waals surface area contributed by atoms with E-state index in [1.54, 1.807) is 14.0 Å². The summed E-state index contributed by atoms with van der Waals surface area (Å²) in [4.78, 5) is 14.9. The third-order valence-corrected chi connectivity index (χ3v) is 8.53. The van der Waals surface area contributed by atoms with Gasteiger partial charge in [0.1, 0.15) is 5.76 Å². The molecule has 5 fully saturated rings. The average Bonchev–Trinajstić information content (AvgIpc) is 3.38. The van der Waals surface area contributed by atoms with Gasteiger partial charge in [-0.15, -0.1) is 0 Å². The number of cyclic esters (lactones) is 1. The second-order valence-corrected chi connectivity index (χ2v) is 9.42. The van der Waals surface area contributed by atoms with E-state index in [1.165, 1.54) is 19.3 Å². The lowest BCUT2D eigenvalue weighted by atomic mass is 9.69. The van der Waals surface area contributed by atoms with Crippen molar-refractivity contribution in [2.45, 2.75) is 76.3 Å². The van der Waals surface area contributed by atoms with E-state index in [1.807, 2.05) is 0 Å². The Balaban J connectivity index is 1.46. The van der Waals surface area contributed by atoms with Crippen LogP contribution in [-0.4, -0.2) is 48.0 Å². The number of nitrogens with zero attached hydrogens (tertiary/aromatic N) is 1. The Labute approximate surface area is 165 Å². The molecule has 8 atom stereocenters. The number of unbranched alkanes of at least 4 members (excludes halogenated alkanes) is 1. The Bertz CT molecular complexity index is 833. The van der Waals surface area contributed by atoms with Crippen molar-refractivity contribution >= 4 is 5.97 Å². The standard InChI is InChI=1S/C22H29NO5/c1-5-6-8-21-14-7-9-23(21)13-10-15(21)27-22(14)16(13)11(2)18(28-22)19-17(25-4)12(3)20(24)26-19/h11,13-16H,5-10H2,1-4H3/b19-18-/t11-,13-,14+,15-,16-,21-,22+/m0/s1. The average molecular weight is 387 g/mol. The minimum atomic E-state index is -0.558. The highest BCUT2D eigenvalue weighted by Crippen LogP contribution is 2.73. The topological polar surface area (TPSA) is 57.2 Å². The van der Waals surface area contributed by atoms with Gasteiger partial charge in [-0.3, -0.25) is 4.90 Å². The quantitative estimate of drug-likeness (QED) is 0.691. The third kappa shape index (κ3) is 1.65. The molecule has 1 unspecified atom stereocenters. The Kier molecular flexibility index (Phi) is 3.30. The van der Waals surface area contributed by atoms with Gasteiger partial charge in [0.15, 0.2) is 5.76 Å². The molecule has 6 heterocycles. The maximum Gasteiger partial charge on any atom is 0.343 e. The number of esters is 1. The Morgan fingerprint density at radius 1 is 1.36 bits per heavy atom. The van der Waals surface area contributed by atoms with Gasteiger partial charge in [0, 0.05) is 17.9 Å². The summed E-state index contributed by atoms with van der Waals surface area (Å²) in [5.74, 6) is 1.64. The van der Waals surface area contributed by atoms with E-state index in [-0.39, 0.29) is 29.4 Å². The highest BCUT2D eigenvalue weighted by atomic mass is 16.7. The van der Waals surface area contributed by atoms with Crippen LogP contribution >= 0.6 is 0 Å². The molecular weight excluding hydrogens is 358 g/mol. The molecule has 1 spiro atoms. The van der Waals surface area contributed by atoms with Crippen molar-refractivity contribution in [3.8, 4) is 0 Å². The Morgan fingerprint density at radius 3 is 2.93 bits per heavy atom. The zero-order valence-corrected chi connectivity index (χ0v) is 17.1. The van der Waals surface area contributed by atoms with Gasteiger partial charge in [0.05, 0.1) is 30.2 Å². The molecule has 6 aliphatic rings. The minimum Gasteiger partial charge on any atom is -0.492 e. The molecule has 6 nitrogen and oxygen atoms in total. The van der Waals surface area contributed by atoms with Crippen LogP contribution in [0.3, 0.4) is 0 Å². The van der Waals surface area contributed by atoms with Gasteiger partial charge in [-0.05, 0) is 32.7 Å². The van der Waals surface area contributed by atoms with Crippen LogP contribution in [0.25, 0.3) is 0 Å². The van der Waals surface area contributed by atoms with Crippen molar-refractivity contribution < 1.29 is 23.7 Å². The normalized spacial score (nSPS) is 52.5. The molecule has 6 heteroatoms. The lowest BCUT2D eigenvalue weighted by molar-refractivity contribution is -0.256. The summed E-state index contributed by atoms with van der Waals surface area (Å²) in [5.41, 5.74) is 0.659. The summed E-state index contributed by atoms with van der Waals surface area (Å²) in [5, 5.41) is 0. The molecule has 5 saturated heterocycles. The second-order valence-electron chi connectivity index (χ2n) is 9.42. The molecule has 0 N–H and O–H groups in total. The monoisotopic (exact) mass is 387 g/mol. The van der Waals surface area contributed by atoms with Crippen molar-refractivity contribution in [1.82, 2.24) is 4.90 Å². The molecule has 0 aromatic rings. The Morgan fingerprint density at radius 2 is 2.18 bits per heavy atom. The first-order valence-electron chi connectivity index (χ1n) is 10.8. The number of methoxy groups -OCH3 is 1. The summed E-state index contributed by atoms with van der Waals surface area (Å²) >= 11 is 0. The van der Waals surface area contributed by atoms with Gasteiger partial charge in [-0.25, -0.2) is 4.79 Å². The number of rotatable bonds is 4. The molecule has 0 aromatic heterocycles. The van der Waals surface area contributed by atoms with Crippen LogP contribution in [0, 0.1) is 17.8 Å². The highest BCUT2D eigenvalue weighted by Gasteiger charge is 2.84. The van der Waals surface area contributed by atoms with E-state index in [0.717, 1.165) is 25.1 Å². The molecule has 0 aromatic carbocycles. The lowest BCUT2D eigenvalue weighted by Gasteiger charge is -2.48. The van der Waals surface area contributed by atoms with Gasteiger partial charge in [-0.2, -0.15) is 0 Å². The highest BCUT2D eigenvalue weighted by molar-refractivity contribution is 5.93. The van der Waals surface area contributed by atoms with Crippen molar-refractivity contribution in [3.05, 3.63) is 22.9 Å². The molecule has 0 radical (unpaired) electrons. The van der Waals surface area contributed by atoms with Gasteiger partial charge in [0.2, 0.25) is 11.5 Å². The molecule has 152 valence electrons. The summed E-state index contributed by atoms with van der Waals surface area (Å²) < 4.78 is 24.7. The molecule has 6 aliphatic heterocycles. The summed E-state index contributed by atoms with van der Waals surface area (Å²) in [7, 11) is 1.58. The van der Waals surface area contributed by atoms with Crippen LogP contribution in [0.2, 0.25) is 0 Å². The number of hydrogen-bond donors (Lipinski definition) is 0. The molecule has 6 rings (SSSR count). The van der Waals surface area contributed by atoms with Crippen molar-refractivity contribution in [2.24, 2.45) is 17.8 Å². The fraction of sp³-hybridized carbons (Fsp3) is 0.773. The second kappa shape index (κ2) is 5.33. The minimum absolute atomic E-state index is 0.134. The molecular formula is C22H29NO5. The third-order valence-electron chi connectivity index (χ3n) is 8.53. The van der Waals surface area contributed by atoms with Gasteiger partial charge >= 0.3 is 5.97 Å². The molecule has 0 aliphatic carbocycles. The number of piperidine rings is 1. The molecule has 5 bridgehead atoms. The van der Waals surface area contributed by atoms with Crippen LogP contribution in [0.4, 0.5) is 0 Å². The molecule has 0 saturated carbocycles. The van der Waals surface area contributed by atoms with Gasteiger partial charge in [-0.1, -0.05) is 26.7 Å². The van der Waals surface area contributed by atoms with Crippen LogP contribution in [0.5, 0.6) is 0 Å². The first-order valence-corrected chi connectivity index (χ1v) is 10.8. The number of carbonyl (C=O) groups is 1. The van der Waals surface area contributed by atoms with Crippen LogP contribution in [-0.2, 0) is 23.7 Å². The fourth-order valence-electron chi connectivity index (χ4n) is 7.64. The first-order chi connectivity index (χ1) is 13.5. The first kappa shape index (κ1) is 17.3. The maximum atomic E-state index is 12.2. The zero-order valence-electron chi connectivity index (χ0n) is 17.1. The number of hydrogen-bond acceptors (Lipinski definition) is 6. The van der Waals surface area contributed by atoms with Gasteiger partial charge in [0.25, 0.3) is 0 Å². The van der Waals surface area contributed by atoms with Crippen molar-refractivity contribution in [1.29, 1.82) is 0 Å². The zero-order chi connectivity index (χ0) is 19.4.